The van der Waals surface area contributed by atoms with Gasteiger partial charge in [0.05, 0.1) is 5.41 Å². The van der Waals surface area contributed by atoms with Crippen LogP contribution in [0.1, 0.15) is 13.3 Å². The van der Waals surface area contributed by atoms with Crippen molar-refractivity contribution in [3.05, 3.63) is 11.1 Å². The topological polar surface area (TPSA) is 37.3 Å². The lowest BCUT2D eigenvalue weighted by Crippen LogP contribution is -2.38. The summed E-state index contributed by atoms with van der Waals surface area (Å²) in [5.41, 5.74) is -3.54. The Hall–Kier alpha value is -0.130. The highest BCUT2D eigenvalue weighted by atomic mass is 35.6. The summed E-state index contributed by atoms with van der Waals surface area (Å²) in [7, 11) is 0. The largest absolute Gasteiger partial charge is 0.478 e. The standard InChI is InChI=1S/C10H12Cl3F3O2/c1-2-6(8(17)18)7(10(11,12)13)9(3-14,4-15)5-16/h2-5H2,1H3,(H,17,18)/b7-6-. The van der Waals surface area contributed by atoms with E-state index in [0.29, 0.717) is 0 Å². The summed E-state index contributed by atoms with van der Waals surface area (Å²) in [5.74, 6) is -1.50. The summed E-state index contributed by atoms with van der Waals surface area (Å²) in [6.45, 7) is -3.10. The molecular formula is C10H12Cl3F3O2. The number of hydrogen-bond donors (Lipinski definition) is 1. The summed E-state index contributed by atoms with van der Waals surface area (Å²) in [4.78, 5) is 11.0. The van der Waals surface area contributed by atoms with Gasteiger partial charge in [-0.3, -0.25) is 0 Å². The van der Waals surface area contributed by atoms with Crippen LogP contribution < -0.4 is 0 Å². The highest BCUT2D eigenvalue weighted by molar-refractivity contribution is 6.69. The van der Waals surface area contributed by atoms with Crippen LogP contribution in [0.4, 0.5) is 13.2 Å². The number of carboxylic acids is 1. The molecule has 2 nitrogen and oxygen atoms in total. The van der Waals surface area contributed by atoms with Gasteiger partial charge in [0.15, 0.2) is 0 Å². The number of aliphatic carboxylic acids is 1. The van der Waals surface area contributed by atoms with Crippen LogP contribution in [0.25, 0.3) is 0 Å². The van der Waals surface area contributed by atoms with Crippen molar-refractivity contribution in [3.63, 3.8) is 0 Å². The third-order valence-corrected chi connectivity index (χ3v) is 3.06. The molecule has 0 spiro atoms. The van der Waals surface area contributed by atoms with Gasteiger partial charge in [0.1, 0.15) is 20.0 Å². The molecule has 0 aromatic heterocycles. The zero-order valence-corrected chi connectivity index (χ0v) is 11.7. The number of carbonyl (C=O) groups is 1. The van der Waals surface area contributed by atoms with Gasteiger partial charge in [-0.25, -0.2) is 18.0 Å². The Kier molecular flexibility index (Phi) is 6.82. The number of hydrogen-bond acceptors (Lipinski definition) is 1. The zero-order chi connectivity index (χ0) is 14.6. The van der Waals surface area contributed by atoms with Gasteiger partial charge in [-0.1, -0.05) is 41.7 Å². The van der Waals surface area contributed by atoms with Crippen LogP contribution in [0.5, 0.6) is 0 Å². The normalized spacial score (nSPS) is 14.4. The number of alkyl halides is 6. The van der Waals surface area contributed by atoms with Gasteiger partial charge in [-0.05, 0) is 6.42 Å². The Morgan fingerprint density at radius 2 is 1.50 bits per heavy atom. The van der Waals surface area contributed by atoms with Gasteiger partial charge < -0.3 is 5.11 Å². The van der Waals surface area contributed by atoms with E-state index in [0.717, 1.165) is 0 Å². The first-order valence-corrected chi connectivity index (χ1v) is 6.05. The van der Waals surface area contributed by atoms with Crippen molar-refractivity contribution < 1.29 is 23.1 Å². The molecule has 0 atom stereocenters. The molecule has 0 radical (unpaired) electrons. The minimum absolute atomic E-state index is 0.152. The zero-order valence-electron chi connectivity index (χ0n) is 9.45. The molecule has 1 N–H and O–H groups in total. The van der Waals surface area contributed by atoms with Crippen LogP contribution in [0.15, 0.2) is 11.1 Å². The predicted molar refractivity (Wildman–Crippen MR) is 65.6 cm³/mol. The SMILES string of the molecule is CC/C(C(=O)O)=C(/C(Cl)(Cl)Cl)C(CF)(CF)CF. The van der Waals surface area contributed by atoms with Crippen LogP contribution in [-0.4, -0.2) is 34.9 Å². The first-order valence-electron chi connectivity index (χ1n) is 4.92. The van der Waals surface area contributed by atoms with E-state index in [2.05, 4.69) is 0 Å². The molecule has 8 heteroatoms. The van der Waals surface area contributed by atoms with Gasteiger partial charge in [0.25, 0.3) is 0 Å². The van der Waals surface area contributed by atoms with E-state index in [1.807, 2.05) is 0 Å². The second-order valence-corrected chi connectivity index (χ2v) is 5.97. The van der Waals surface area contributed by atoms with E-state index in [4.69, 9.17) is 39.9 Å². The van der Waals surface area contributed by atoms with Crippen LogP contribution in [0, 0.1) is 5.41 Å². The average Bonchev–Trinajstić information content (AvgIpc) is 2.28. The summed E-state index contributed by atoms with van der Waals surface area (Å²) in [6, 6.07) is 0. The molecule has 0 aliphatic carbocycles. The Labute approximate surface area is 118 Å². The van der Waals surface area contributed by atoms with Crippen LogP contribution >= 0.6 is 34.8 Å². The second kappa shape index (κ2) is 6.87. The molecule has 0 saturated carbocycles. The molecular weight excluding hydrogens is 315 g/mol. The van der Waals surface area contributed by atoms with Crippen molar-refractivity contribution in [2.75, 3.05) is 20.0 Å². The molecule has 0 aliphatic heterocycles. The Bertz CT molecular complexity index is 327. The third-order valence-electron chi connectivity index (χ3n) is 2.49. The minimum Gasteiger partial charge on any atom is -0.478 e. The lowest BCUT2D eigenvalue weighted by Gasteiger charge is -2.33. The van der Waals surface area contributed by atoms with E-state index >= 15 is 0 Å². The van der Waals surface area contributed by atoms with E-state index in [9.17, 15) is 18.0 Å². The molecule has 0 unspecified atom stereocenters. The molecule has 0 fully saturated rings. The monoisotopic (exact) mass is 326 g/mol. The molecule has 0 rings (SSSR count). The second-order valence-electron chi connectivity index (χ2n) is 3.69. The van der Waals surface area contributed by atoms with Crippen LogP contribution in [0.3, 0.4) is 0 Å². The summed E-state index contributed by atoms with van der Waals surface area (Å²) in [5, 5.41) is 8.96. The molecule has 106 valence electrons. The fourth-order valence-electron chi connectivity index (χ4n) is 1.53. The number of allylic oxidation sites excluding steroid dienone is 1. The van der Waals surface area contributed by atoms with Gasteiger partial charge >= 0.3 is 5.97 Å². The quantitative estimate of drug-likeness (QED) is 0.590. The molecule has 0 saturated heterocycles. The fourth-order valence-corrected chi connectivity index (χ4v) is 2.48. The van der Waals surface area contributed by atoms with Crippen molar-refractivity contribution in [1.29, 1.82) is 0 Å². The highest BCUT2D eigenvalue weighted by Crippen LogP contribution is 2.48. The molecule has 0 aromatic rings. The molecule has 0 heterocycles. The maximum Gasteiger partial charge on any atom is 0.331 e. The van der Waals surface area contributed by atoms with E-state index < -0.39 is 46.3 Å². The highest BCUT2D eigenvalue weighted by Gasteiger charge is 2.47. The van der Waals surface area contributed by atoms with Crippen molar-refractivity contribution >= 4 is 40.8 Å². The van der Waals surface area contributed by atoms with Gasteiger partial charge in [-0.15, -0.1) is 0 Å². The van der Waals surface area contributed by atoms with Gasteiger partial charge in [0, 0.05) is 11.1 Å². The summed E-state index contributed by atoms with van der Waals surface area (Å²) < 4.78 is 36.5. The molecule has 18 heavy (non-hydrogen) atoms. The lowest BCUT2D eigenvalue weighted by atomic mass is 9.81. The van der Waals surface area contributed by atoms with E-state index in [1.165, 1.54) is 6.92 Å². The van der Waals surface area contributed by atoms with E-state index in [-0.39, 0.29) is 6.42 Å². The summed E-state index contributed by atoms with van der Waals surface area (Å²) in [6.07, 6.45) is -0.152. The van der Waals surface area contributed by atoms with Crippen LogP contribution in [0.2, 0.25) is 0 Å². The number of halogens is 6. The summed E-state index contributed by atoms with van der Waals surface area (Å²) >= 11 is 16.6. The van der Waals surface area contributed by atoms with Gasteiger partial charge in [-0.2, -0.15) is 0 Å². The Morgan fingerprint density at radius 3 is 1.67 bits per heavy atom. The Morgan fingerprint density at radius 1 is 1.11 bits per heavy atom. The first-order chi connectivity index (χ1) is 8.20. The minimum atomic E-state index is -2.39. The lowest BCUT2D eigenvalue weighted by molar-refractivity contribution is -0.133. The predicted octanol–water partition coefficient (Wildman–Crippen LogP) is 4.04. The average molecular weight is 328 g/mol. The maximum atomic E-state index is 13.0. The molecule has 0 aromatic carbocycles. The maximum absolute atomic E-state index is 13.0. The third kappa shape index (κ3) is 3.68. The molecule has 0 bridgehead atoms. The van der Waals surface area contributed by atoms with Gasteiger partial charge in [0.2, 0.25) is 3.79 Å². The Balaban J connectivity index is 6.16. The number of carboxylic acid groups (broad SMARTS) is 1. The molecule has 0 aliphatic rings. The first kappa shape index (κ1) is 17.9. The van der Waals surface area contributed by atoms with E-state index in [1.54, 1.807) is 0 Å². The van der Waals surface area contributed by atoms with Crippen molar-refractivity contribution in [2.24, 2.45) is 5.41 Å². The molecule has 0 amide bonds. The smallest absolute Gasteiger partial charge is 0.331 e. The number of rotatable bonds is 6. The van der Waals surface area contributed by atoms with Crippen molar-refractivity contribution in [2.45, 2.75) is 17.1 Å². The fraction of sp³-hybridized carbons (Fsp3) is 0.700. The van der Waals surface area contributed by atoms with Crippen LogP contribution in [-0.2, 0) is 4.79 Å². The van der Waals surface area contributed by atoms with Crippen molar-refractivity contribution in [1.82, 2.24) is 0 Å². The van der Waals surface area contributed by atoms with Crippen molar-refractivity contribution in [3.8, 4) is 0 Å².